The Bertz CT molecular complexity index is 632. The van der Waals surface area contributed by atoms with Crippen molar-refractivity contribution in [2.75, 3.05) is 0 Å². The Morgan fingerprint density at radius 3 is 2.29 bits per heavy atom. The molecule has 3 heteroatoms. The van der Waals surface area contributed by atoms with Crippen LogP contribution in [0.15, 0.2) is 42.5 Å². The molecule has 1 N–H and O–H groups in total. The molecule has 0 spiro atoms. The summed E-state index contributed by atoms with van der Waals surface area (Å²) in [5.41, 5.74) is 3.75. The normalized spacial score (nSPS) is 12.1. The predicted molar refractivity (Wildman–Crippen MR) is 87.5 cm³/mol. The lowest BCUT2D eigenvalue weighted by molar-refractivity contribution is 0.0698. The fourth-order valence-electron chi connectivity index (χ4n) is 2.54. The van der Waals surface area contributed by atoms with Crippen LogP contribution in [0.25, 0.3) is 11.1 Å². The van der Waals surface area contributed by atoms with Gasteiger partial charge in [-0.2, -0.15) is 0 Å². The summed E-state index contributed by atoms with van der Waals surface area (Å²) in [6, 6.07) is 13.5. The van der Waals surface area contributed by atoms with Gasteiger partial charge >= 0.3 is 5.97 Å². The fraction of sp³-hybridized carbons (Fsp3) is 0.278. The van der Waals surface area contributed by atoms with E-state index in [1.54, 1.807) is 18.2 Å². The van der Waals surface area contributed by atoms with Crippen molar-refractivity contribution in [1.82, 2.24) is 0 Å². The Kier molecular flexibility index (Phi) is 4.84. The van der Waals surface area contributed by atoms with Gasteiger partial charge in [-0.25, -0.2) is 4.79 Å². The van der Waals surface area contributed by atoms with Gasteiger partial charge in [-0.15, -0.1) is 0 Å². The molecule has 0 fully saturated rings. The maximum Gasteiger partial charge on any atom is 0.335 e. The maximum absolute atomic E-state index is 11.0. The first kappa shape index (κ1) is 15.4. The zero-order valence-electron chi connectivity index (χ0n) is 12.5. The van der Waals surface area contributed by atoms with Crippen molar-refractivity contribution in [3.05, 3.63) is 53.6 Å². The largest absolute Gasteiger partial charge is 0.478 e. The number of hydrogen-bond acceptors (Lipinski definition) is 1. The van der Waals surface area contributed by atoms with Gasteiger partial charge in [0, 0.05) is 0 Å². The van der Waals surface area contributed by atoms with Crippen LogP contribution in [0.3, 0.4) is 0 Å². The van der Waals surface area contributed by atoms with E-state index >= 15 is 0 Å². The quantitative estimate of drug-likeness (QED) is 0.846. The van der Waals surface area contributed by atoms with E-state index in [0.29, 0.717) is 11.4 Å². The monoisotopic (exact) mass is 278 g/mol. The highest BCUT2D eigenvalue weighted by Gasteiger charge is 2.08. The van der Waals surface area contributed by atoms with E-state index in [1.165, 1.54) is 18.4 Å². The van der Waals surface area contributed by atoms with E-state index in [1.807, 2.05) is 0 Å². The molecule has 0 heterocycles. The Hall–Kier alpha value is -2.03. The second-order valence-electron chi connectivity index (χ2n) is 5.42. The predicted octanol–water partition coefficient (Wildman–Crippen LogP) is 3.75. The second kappa shape index (κ2) is 6.62. The molecule has 2 aromatic rings. The molecule has 0 amide bonds. The van der Waals surface area contributed by atoms with Crippen molar-refractivity contribution in [3.63, 3.8) is 0 Å². The van der Waals surface area contributed by atoms with Crippen LogP contribution in [0.2, 0.25) is 0 Å². The zero-order chi connectivity index (χ0) is 15.4. The third-order valence-corrected chi connectivity index (χ3v) is 3.82. The molecule has 1 unspecified atom stereocenters. The van der Waals surface area contributed by atoms with E-state index in [9.17, 15) is 4.79 Å². The average Bonchev–Trinajstić information content (AvgIpc) is 2.47. The van der Waals surface area contributed by atoms with Crippen molar-refractivity contribution >= 4 is 19.3 Å². The molecule has 1 atom stereocenters. The molecule has 106 valence electrons. The lowest BCUT2D eigenvalue weighted by Crippen LogP contribution is -2.15. The highest BCUT2D eigenvalue weighted by atomic mass is 16.4. The summed E-state index contributed by atoms with van der Waals surface area (Å²) in [5.74, 6) is -0.439. The molecule has 0 aliphatic rings. The molecular weight excluding hydrogens is 259 g/mol. The summed E-state index contributed by atoms with van der Waals surface area (Å²) in [6.07, 6.45) is 2.36. The van der Waals surface area contributed by atoms with Crippen LogP contribution in [0, 0.1) is 0 Å². The minimum Gasteiger partial charge on any atom is -0.478 e. The van der Waals surface area contributed by atoms with Gasteiger partial charge in [-0.1, -0.05) is 62.1 Å². The molecule has 0 aliphatic carbocycles. The first-order chi connectivity index (χ1) is 10.0. The van der Waals surface area contributed by atoms with E-state index in [4.69, 9.17) is 13.0 Å². The minimum absolute atomic E-state index is 0.145. The topological polar surface area (TPSA) is 37.3 Å². The molecule has 21 heavy (non-hydrogen) atoms. The summed E-state index contributed by atoms with van der Waals surface area (Å²) >= 11 is 0. The first-order valence-corrected chi connectivity index (χ1v) is 7.26. The van der Waals surface area contributed by atoms with Gasteiger partial charge in [0.1, 0.15) is 7.85 Å². The Morgan fingerprint density at radius 1 is 1.14 bits per heavy atom. The molecule has 2 nitrogen and oxygen atoms in total. The van der Waals surface area contributed by atoms with Crippen LogP contribution in [-0.2, 0) is 0 Å². The van der Waals surface area contributed by atoms with Crippen LogP contribution in [0.1, 0.15) is 48.5 Å². The third-order valence-electron chi connectivity index (χ3n) is 3.82. The highest BCUT2D eigenvalue weighted by molar-refractivity contribution is 6.36. The fourth-order valence-corrected chi connectivity index (χ4v) is 2.54. The van der Waals surface area contributed by atoms with Gasteiger partial charge in [-0.3, -0.25) is 0 Å². The van der Waals surface area contributed by atoms with Crippen molar-refractivity contribution in [1.29, 1.82) is 0 Å². The second-order valence-corrected chi connectivity index (χ2v) is 5.42. The lowest BCUT2D eigenvalue weighted by atomic mass is 9.87. The maximum atomic E-state index is 11.0. The number of aromatic carboxylic acids is 1. The number of hydrogen-bond donors (Lipinski definition) is 1. The van der Waals surface area contributed by atoms with Crippen LogP contribution in [-0.4, -0.2) is 18.9 Å². The van der Waals surface area contributed by atoms with Crippen LogP contribution < -0.4 is 5.46 Å². The van der Waals surface area contributed by atoms with Crippen molar-refractivity contribution < 1.29 is 9.90 Å². The third kappa shape index (κ3) is 3.54. The van der Waals surface area contributed by atoms with Crippen molar-refractivity contribution in [2.45, 2.75) is 32.6 Å². The number of carbonyl (C=O) groups is 1. The van der Waals surface area contributed by atoms with E-state index in [-0.39, 0.29) is 5.56 Å². The Labute approximate surface area is 127 Å². The summed E-state index contributed by atoms with van der Waals surface area (Å²) in [4.78, 5) is 11.0. The Balaban J connectivity index is 2.26. The van der Waals surface area contributed by atoms with Crippen molar-refractivity contribution in [3.8, 4) is 11.1 Å². The van der Waals surface area contributed by atoms with Gasteiger partial charge in [0.25, 0.3) is 0 Å². The number of rotatable bonds is 5. The molecule has 2 rings (SSSR count). The minimum atomic E-state index is -0.997. The molecule has 0 aliphatic heterocycles. The molecular formula is C18H19BO2. The van der Waals surface area contributed by atoms with Gasteiger partial charge in [0.2, 0.25) is 0 Å². The first-order valence-electron chi connectivity index (χ1n) is 7.26. The van der Waals surface area contributed by atoms with Crippen molar-refractivity contribution in [2.24, 2.45) is 0 Å². The van der Waals surface area contributed by atoms with Gasteiger partial charge < -0.3 is 5.11 Å². The SMILES string of the molecule is [B]c1cc(-c2ccc(C(C)CCC)cc2)ccc1C(=O)O. The Morgan fingerprint density at radius 2 is 1.76 bits per heavy atom. The molecule has 2 aromatic carbocycles. The molecule has 0 saturated heterocycles. The zero-order valence-corrected chi connectivity index (χ0v) is 12.5. The van der Waals surface area contributed by atoms with Gasteiger partial charge in [0.05, 0.1) is 5.56 Å². The summed E-state index contributed by atoms with van der Waals surface area (Å²) in [5, 5.41) is 9.00. The number of carboxylic acid groups (broad SMARTS) is 1. The van der Waals surface area contributed by atoms with Gasteiger partial charge in [-0.05, 0) is 35.1 Å². The molecule has 2 radical (unpaired) electrons. The lowest BCUT2D eigenvalue weighted by Gasteiger charge is -2.12. The molecule has 0 saturated carbocycles. The van der Waals surface area contributed by atoms with Crippen LogP contribution in [0.4, 0.5) is 0 Å². The van der Waals surface area contributed by atoms with E-state index in [2.05, 4.69) is 38.1 Å². The average molecular weight is 278 g/mol. The van der Waals surface area contributed by atoms with E-state index in [0.717, 1.165) is 11.1 Å². The molecule has 0 aromatic heterocycles. The number of benzene rings is 2. The van der Waals surface area contributed by atoms with Crippen LogP contribution >= 0.6 is 0 Å². The molecule has 0 bridgehead atoms. The number of carboxylic acids is 1. The standard InChI is InChI=1S/C18H19BO2/c1-3-4-12(2)13-5-7-14(8-6-13)15-9-10-16(18(20)21)17(19)11-15/h5-12H,3-4H2,1-2H3,(H,20,21). The highest BCUT2D eigenvalue weighted by Crippen LogP contribution is 2.25. The smallest absolute Gasteiger partial charge is 0.335 e. The summed E-state index contributed by atoms with van der Waals surface area (Å²) in [7, 11) is 5.80. The van der Waals surface area contributed by atoms with Gasteiger partial charge in [0.15, 0.2) is 0 Å². The van der Waals surface area contributed by atoms with Crippen LogP contribution in [0.5, 0.6) is 0 Å². The summed E-state index contributed by atoms with van der Waals surface area (Å²) < 4.78 is 0. The van der Waals surface area contributed by atoms with E-state index < -0.39 is 5.97 Å². The summed E-state index contributed by atoms with van der Waals surface area (Å²) in [6.45, 7) is 4.43.